The van der Waals surface area contributed by atoms with Crippen molar-refractivity contribution in [3.63, 3.8) is 0 Å². The van der Waals surface area contributed by atoms with E-state index < -0.39 is 35.6 Å². The van der Waals surface area contributed by atoms with Gasteiger partial charge in [-0.25, -0.2) is 0 Å². The quantitative estimate of drug-likeness (QED) is 0.0342. The predicted octanol–water partition coefficient (Wildman–Crippen LogP) is 7.21. The Morgan fingerprint density at radius 3 is 1.40 bits per heavy atom. The molecule has 306 valence electrons. The zero-order chi connectivity index (χ0) is 41.6. The minimum atomic E-state index is -1.03. The smallest absolute Gasteiger partial charge is 0.289 e. The number of hydrogen-bond donors (Lipinski definition) is 2. The van der Waals surface area contributed by atoms with Crippen molar-refractivity contribution in [2.45, 2.75) is 125 Å². The van der Waals surface area contributed by atoms with Crippen LogP contribution >= 0.6 is 0 Å². The van der Waals surface area contributed by atoms with E-state index in [0.29, 0.717) is 58.6 Å². The molecule has 1 fully saturated rings. The third-order valence-corrected chi connectivity index (χ3v) is 11.7. The fourth-order valence-electron chi connectivity index (χ4n) is 8.42. The second kappa shape index (κ2) is 18.8. The average molecular weight is 783 g/mol. The Morgan fingerprint density at radius 2 is 1.04 bits per heavy atom. The Morgan fingerprint density at radius 1 is 0.649 bits per heavy atom. The number of carbonyl (C=O) groups is 6. The Balaban J connectivity index is 1.12. The van der Waals surface area contributed by atoms with Gasteiger partial charge in [-0.3, -0.25) is 28.8 Å². The van der Waals surface area contributed by atoms with Crippen LogP contribution in [0.25, 0.3) is 21.8 Å². The van der Waals surface area contributed by atoms with Gasteiger partial charge in [-0.2, -0.15) is 0 Å². The van der Waals surface area contributed by atoms with E-state index >= 15 is 0 Å². The summed E-state index contributed by atoms with van der Waals surface area (Å²) < 4.78 is 16.2. The molecule has 2 aromatic carbocycles. The van der Waals surface area contributed by atoms with Crippen LogP contribution in [0.1, 0.15) is 118 Å². The molecule has 0 bridgehead atoms. The van der Waals surface area contributed by atoms with E-state index in [0.717, 1.165) is 62.1 Å². The first-order chi connectivity index (χ1) is 27.2. The third-order valence-electron chi connectivity index (χ3n) is 11.7. The van der Waals surface area contributed by atoms with E-state index in [9.17, 15) is 28.8 Å². The second-order valence-corrected chi connectivity index (χ2v) is 16.4. The van der Waals surface area contributed by atoms with Crippen LogP contribution in [0.2, 0.25) is 0 Å². The second-order valence-electron chi connectivity index (χ2n) is 16.4. The lowest BCUT2D eigenvalue weighted by molar-refractivity contribution is -0.115. The monoisotopic (exact) mass is 782 g/mol. The van der Waals surface area contributed by atoms with Gasteiger partial charge >= 0.3 is 0 Å². The number of ether oxygens (including phenoxy) is 2. The molecule has 2 amide bonds. The maximum Gasteiger partial charge on any atom is 0.289 e. The molecule has 0 spiro atoms. The fourth-order valence-corrected chi connectivity index (χ4v) is 8.42. The lowest BCUT2D eigenvalue weighted by atomic mass is 9.70. The zero-order valence-electron chi connectivity index (χ0n) is 34.2. The molecule has 4 aromatic rings. The summed E-state index contributed by atoms with van der Waals surface area (Å²) in [5, 5.41) is 1.03. The molecule has 2 aromatic heterocycles. The maximum atomic E-state index is 13.0. The van der Waals surface area contributed by atoms with Crippen molar-refractivity contribution in [1.82, 2.24) is 9.13 Å². The van der Waals surface area contributed by atoms with Gasteiger partial charge in [0.05, 0.1) is 32.9 Å². The van der Waals surface area contributed by atoms with Crippen molar-refractivity contribution in [3.05, 3.63) is 58.9 Å². The molecule has 1 saturated carbocycles. The minimum Gasteiger partial charge on any atom is -0.482 e. The predicted molar refractivity (Wildman–Crippen MR) is 220 cm³/mol. The number of amides is 2. The van der Waals surface area contributed by atoms with Crippen LogP contribution < -0.4 is 20.9 Å². The number of aryl methyl sites for hydroxylation is 2. The Labute approximate surface area is 334 Å². The Kier molecular flexibility index (Phi) is 14.1. The molecule has 57 heavy (non-hydrogen) atoms. The normalized spacial score (nSPS) is 16.4. The van der Waals surface area contributed by atoms with Crippen LogP contribution in [0.15, 0.2) is 36.4 Å². The highest BCUT2D eigenvalue weighted by atomic mass is 16.5. The number of hydrogen-bond acceptors (Lipinski definition) is 8. The first-order valence-corrected chi connectivity index (χ1v) is 20.4. The van der Waals surface area contributed by atoms with Gasteiger partial charge in [0.25, 0.3) is 23.4 Å². The average Bonchev–Trinajstić information content (AvgIpc) is 3.61. The highest BCUT2D eigenvalue weighted by molar-refractivity contribution is 6.45. The molecular weight excluding hydrogens is 725 g/mol. The number of carbonyl (C=O) groups excluding carboxylic acids is 6. The summed E-state index contributed by atoms with van der Waals surface area (Å²) in [4.78, 5) is 73.6. The van der Waals surface area contributed by atoms with Gasteiger partial charge in [0, 0.05) is 24.5 Å². The molecule has 12 heteroatoms. The molecule has 12 nitrogen and oxygen atoms in total. The van der Waals surface area contributed by atoms with Crippen molar-refractivity contribution in [2.75, 3.05) is 0 Å². The van der Waals surface area contributed by atoms with Gasteiger partial charge in [0.15, 0.2) is 24.8 Å². The van der Waals surface area contributed by atoms with Gasteiger partial charge < -0.3 is 30.1 Å². The van der Waals surface area contributed by atoms with Crippen LogP contribution in [0.5, 0.6) is 11.5 Å². The van der Waals surface area contributed by atoms with Crippen molar-refractivity contribution in [2.24, 2.45) is 35.1 Å². The van der Waals surface area contributed by atoms with Crippen LogP contribution in [0.4, 0.5) is 0 Å². The summed E-state index contributed by atoms with van der Waals surface area (Å²) in [6.45, 7) is 12.5. The van der Waals surface area contributed by atoms with Crippen LogP contribution in [0, 0.1) is 37.5 Å². The highest BCUT2D eigenvalue weighted by Gasteiger charge is 2.30. The first-order valence-electron chi connectivity index (χ1n) is 20.4. The zero-order valence-corrected chi connectivity index (χ0v) is 34.2. The SMILES string of the molecule is Cc1c(C(=O)C(N)=O)c2c(OC(C=O)C(C)C)cccc2n1CCCCCC1CC(CCCCn2c(C)c(C(=O)C(N)=O)c3c(OC(C=O)C(C)C)cccc32)C1. The molecule has 2 atom stereocenters. The summed E-state index contributed by atoms with van der Waals surface area (Å²) in [7, 11) is 0. The molecule has 2 heterocycles. The van der Waals surface area contributed by atoms with E-state index in [4.69, 9.17) is 20.9 Å². The highest BCUT2D eigenvalue weighted by Crippen LogP contribution is 2.41. The summed E-state index contributed by atoms with van der Waals surface area (Å²) in [5.74, 6) is -1.56. The van der Waals surface area contributed by atoms with Crippen LogP contribution in [-0.2, 0) is 32.3 Å². The molecule has 0 aliphatic heterocycles. The van der Waals surface area contributed by atoms with Crippen molar-refractivity contribution in [1.29, 1.82) is 0 Å². The van der Waals surface area contributed by atoms with E-state index in [2.05, 4.69) is 9.13 Å². The minimum absolute atomic E-state index is 0.0764. The van der Waals surface area contributed by atoms with Gasteiger partial charge in [0.2, 0.25) is 0 Å². The maximum absolute atomic E-state index is 13.0. The number of aldehydes is 2. The van der Waals surface area contributed by atoms with E-state index in [1.54, 1.807) is 12.1 Å². The number of primary amides is 2. The Hall–Kier alpha value is -5.26. The molecule has 0 radical (unpaired) electrons. The van der Waals surface area contributed by atoms with Gasteiger partial charge in [0.1, 0.15) is 11.5 Å². The lowest BCUT2D eigenvalue weighted by Crippen LogP contribution is -2.25. The number of nitrogens with two attached hydrogens (primary N) is 2. The number of aromatic nitrogens is 2. The largest absolute Gasteiger partial charge is 0.482 e. The number of rotatable bonds is 23. The number of fused-ring (bicyclic) bond motifs is 2. The molecular formula is C45H58N4O8. The summed E-state index contributed by atoms with van der Waals surface area (Å²) >= 11 is 0. The summed E-state index contributed by atoms with van der Waals surface area (Å²) in [5.41, 5.74) is 14.3. The number of nitrogens with zero attached hydrogens (tertiary/aromatic N) is 2. The molecule has 4 N–H and O–H groups in total. The molecule has 1 aliphatic rings. The number of Topliss-reactive ketones (excluding diaryl/α,β-unsaturated/α-hetero) is 2. The van der Waals surface area contributed by atoms with Gasteiger partial charge in [-0.1, -0.05) is 71.9 Å². The summed E-state index contributed by atoms with van der Waals surface area (Å²) in [6.07, 6.45) is 9.85. The van der Waals surface area contributed by atoms with Crippen LogP contribution in [-0.4, -0.2) is 57.3 Å². The van der Waals surface area contributed by atoms with Crippen molar-refractivity contribution >= 4 is 57.8 Å². The van der Waals surface area contributed by atoms with E-state index in [1.807, 2.05) is 65.8 Å². The van der Waals surface area contributed by atoms with Crippen molar-refractivity contribution < 1.29 is 38.2 Å². The van der Waals surface area contributed by atoms with E-state index in [-0.39, 0.29) is 23.0 Å². The Bertz CT molecular complexity index is 2140. The molecule has 0 saturated heterocycles. The van der Waals surface area contributed by atoms with Gasteiger partial charge in [-0.05, 0) is 87.5 Å². The van der Waals surface area contributed by atoms with E-state index in [1.165, 1.54) is 19.3 Å². The topological polar surface area (TPSA) is 183 Å². The number of ketones is 2. The van der Waals surface area contributed by atoms with Crippen molar-refractivity contribution in [3.8, 4) is 11.5 Å². The fraction of sp³-hybridized carbons (Fsp3) is 0.511. The number of unbranched alkanes of at least 4 members (excludes halogenated alkanes) is 3. The lowest BCUT2D eigenvalue weighted by Gasteiger charge is -2.35. The molecule has 5 rings (SSSR count). The standard InChI is InChI=1S/C45H58N4O8/c1-26(2)36(24-50)56-34-18-12-16-32-40(34)38(42(52)44(46)54)28(5)48(32)20-10-7-8-14-30-22-31(23-30)15-9-11-21-49-29(6)39(43(53)45(47)55)41-33(49)17-13-19-35(41)57-37(25-51)27(3)4/h12-13,16-19,24-27,30-31,36-37H,7-11,14-15,20-23H2,1-6H3,(H2,46,54)(H2,47,55). The first kappa shape index (κ1) is 42.9. The number of benzene rings is 2. The third kappa shape index (κ3) is 9.32. The molecule has 1 aliphatic carbocycles. The molecule has 2 unspecified atom stereocenters. The van der Waals surface area contributed by atoms with Crippen LogP contribution in [0.3, 0.4) is 0 Å². The van der Waals surface area contributed by atoms with Gasteiger partial charge in [-0.15, -0.1) is 0 Å². The summed E-state index contributed by atoms with van der Waals surface area (Å²) in [6, 6.07) is 10.9.